The molecule has 0 spiro atoms. The van der Waals surface area contributed by atoms with Crippen LogP contribution in [0.4, 0.5) is 0 Å². The van der Waals surface area contributed by atoms with Crippen molar-refractivity contribution in [1.82, 2.24) is 0 Å². The topological polar surface area (TPSA) is 18.5 Å². The molecule has 0 aromatic heterocycles. The molecule has 0 heterocycles. The van der Waals surface area contributed by atoms with E-state index in [-0.39, 0.29) is 0 Å². The minimum absolute atomic E-state index is 0.484. The largest absolute Gasteiger partial charge is 0.485 e. The third-order valence-electron chi connectivity index (χ3n) is 4.97. The van der Waals surface area contributed by atoms with Crippen LogP contribution >= 0.6 is 0 Å². The van der Waals surface area contributed by atoms with E-state index in [1.54, 1.807) is 0 Å². The fourth-order valence-electron chi connectivity index (χ4n) is 3.12. The lowest BCUT2D eigenvalue weighted by Crippen LogP contribution is -2.16. The molecule has 0 bridgehead atoms. The van der Waals surface area contributed by atoms with E-state index in [2.05, 4.69) is 86.6 Å². The van der Waals surface area contributed by atoms with Gasteiger partial charge in [-0.2, -0.15) is 0 Å². The van der Waals surface area contributed by atoms with Crippen LogP contribution in [0.3, 0.4) is 0 Å². The van der Waals surface area contributed by atoms with Crippen molar-refractivity contribution >= 4 is 14.1 Å². The molecule has 0 unspecified atom stereocenters. The Hall–Kier alpha value is -3.74. The van der Waals surface area contributed by atoms with E-state index in [0.717, 1.165) is 33.8 Å². The second kappa shape index (κ2) is 13.2. The first-order chi connectivity index (χ1) is 16.9. The van der Waals surface area contributed by atoms with E-state index >= 15 is 0 Å². The highest BCUT2D eigenvalue weighted by molar-refractivity contribution is 6.83. The summed E-state index contributed by atoms with van der Waals surface area (Å²) in [6.45, 7) is 9.79. The molecule has 3 aromatic rings. The summed E-state index contributed by atoms with van der Waals surface area (Å²) in [6, 6.07) is 26.4. The molecule has 0 aliphatic heterocycles. The number of ether oxygens (including phenoxy) is 2. The summed E-state index contributed by atoms with van der Waals surface area (Å²) < 4.78 is 12.3. The average molecular weight is 479 g/mol. The normalized spacial score (nSPS) is 11.9. The van der Waals surface area contributed by atoms with Gasteiger partial charge in [0.05, 0.1) is 0 Å². The second-order valence-electron chi connectivity index (χ2n) is 9.38. The van der Waals surface area contributed by atoms with Crippen molar-refractivity contribution in [2.75, 3.05) is 0 Å². The molecular weight excluding hydrogens is 444 g/mol. The van der Waals surface area contributed by atoms with Crippen molar-refractivity contribution in [1.29, 1.82) is 0 Å². The van der Waals surface area contributed by atoms with Crippen LogP contribution in [-0.4, -0.2) is 8.07 Å². The SMILES string of the molecule is CC(=C/C=C/C#C[Si](C)(C)C)/C=C/c1ccc(OCc2ccccc2)c(OCc2ccccc2)c1. The Morgan fingerprint density at radius 2 is 1.40 bits per heavy atom. The minimum atomic E-state index is -1.33. The van der Waals surface area contributed by atoms with Crippen molar-refractivity contribution in [3.8, 4) is 23.0 Å². The number of hydrogen-bond acceptors (Lipinski definition) is 2. The second-order valence-corrected chi connectivity index (χ2v) is 14.1. The summed E-state index contributed by atoms with van der Waals surface area (Å²) in [7, 11) is -1.33. The first-order valence-electron chi connectivity index (χ1n) is 11.9. The summed E-state index contributed by atoms with van der Waals surface area (Å²) in [4.78, 5) is 0. The lowest BCUT2D eigenvalue weighted by atomic mass is 10.1. The zero-order valence-electron chi connectivity index (χ0n) is 21.1. The molecule has 0 atom stereocenters. The van der Waals surface area contributed by atoms with Gasteiger partial charge in [-0.15, -0.1) is 5.54 Å². The summed E-state index contributed by atoms with van der Waals surface area (Å²) in [5.41, 5.74) is 7.77. The van der Waals surface area contributed by atoms with E-state index < -0.39 is 8.07 Å². The van der Waals surface area contributed by atoms with Gasteiger partial charge in [-0.25, -0.2) is 0 Å². The molecule has 0 radical (unpaired) electrons. The highest BCUT2D eigenvalue weighted by Crippen LogP contribution is 2.30. The lowest BCUT2D eigenvalue weighted by molar-refractivity contribution is 0.256. The predicted molar refractivity (Wildman–Crippen MR) is 151 cm³/mol. The molecule has 0 N–H and O–H groups in total. The predicted octanol–water partition coefficient (Wildman–Crippen LogP) is 8.24. The van der Waals surface area contributed by atoms with E-state index in [1.165, 1.54) is 0 Å². The molecule has 3 aromatic carbocycles. The summed E-state index contributed by atoms with van der Waals surface area (Å²) in [5.74, 6) is 4.62. The Morgan fingerprint density at radius 1 is 0.800 bits per heavy atom. The quantitative estimate of drug-likeness (QED) is 0.175. The molecule has 0 saturated carbocycles. The van der Waals surface area contributed by atoms with Gasteiger partial charge in [0.25, 0.3) is 0 Å². The van der Waals surface area contributed by atoms with Gasteiger partial charge in [0.15, 0.2) is 11.5 Å². The maximum atomic E-state index is 6.18. The molecule has 0 fully saturated rings. The Labute approximate surface area is 211 Å². The smallest absolute Gasteiger partial charge is 0.162 e. The number of allylic oxidation sites excluding steroid dienone is 5. The molecule has 3 rings (SSSR count). The van der Waals surface area contributed by atoms with Crippen LogP contribution in [0.1, 0.15) is 23.6 Å². The van der Waals surface area contributed by atoms with Gasteiger partial charge in [0.2, 0.25) is 0 Å². The van der Waals surface area contributed by atoms with Crippen LogP contribution < -0.4 is 9.47 Å². The Balaban J connectivity index is 1.72. The van der Waals surface area contributed by atoms with Crippen LogP contribution in [0, 0.1) is 11.5 Å². The zero-order valence-corrected chi connectivity index (χ0v) is 22.1. The van der Waals surface area contributed by atoms with E-state index in [9.17, 15) is 0 Å². The third kappa shape index (κ3) is 9.96. The highest BCUT2D eigenvalue weighted by Gasteiger charge is 2.08. The van der Waals surface area contributed by atoms with Gasteiger partial charge >= 0.3 is 0 Å². The molecule has 35 heavy (non-hydrogen) atoms. The monoisotopic (exact) mass is 478 g/mol. The first-order valence-corrected chi connectivity index (χ1v) is 15.4. The zero-order chi connectivity index (χ0) is 24.9. The molecule has 178 valence electrons. The number of benzene rings is 3. The van der Waals surface area contributed by atoms with Crippen LogP contribution in [0.25, 0.3) is 6.08 Å². The van der Waals surface area contributed by atoms with Crippen molar-refractivity contribution in [2.24, 2.45) is 0 Å². The van der Waals surface area contributed by atoms with Gasteiger partial charge in [-0.3, -0.25) is 0 Å². The number of rotatable bonds is 9. The highest BCUT2D eigenvalue weighted by atomic mass is 28.3. The van der Waals surface area contributed by atoms with Crippen LogP contribution in [0.15, 0.2) is 109 Å². The van der Waals surface area contributed by atoms with E-state index in [4.69, 9.17) is 9.47 Å². The fourth-order valence-corrected chi connectivity index (χ4v) is 3.64. The van der Waals surface area contributed by atoms with Gasteiger partial charge in [0.1, 0.15) is 21.3 Å². The molecule has 0 aliphatic carbocycles. The first kappa shape index (κ1) is 25.9. The van der Waals surface area contributed by atoms with E-state index in [0.29, 0.717) is 13.2 Å². The molecule has 0 amide bonds. The van der Waals surface area contributed by atoms with Crippen LogP contribution in [0.5, 0.6) is 11.5 Å². The number of hydrogen-bond donors (Lipinski definition) is 0. The molecule has 3 heteroatoms. The molecule has 0 saturated heterocycles. The Bertz CT molecular complexity index is 1220. The minimum Gasteiger partial charge on any atom is -0.485 e. The summed E-state index contributed by atoms with van der Waals surface area (Å²) in [6.07, 6.45) is 10.2. The van der Waals surface area contributed by atoms with Crippen molar-refractivity contribution in [2.45, 2.75) is 39.8 Å². The van der Waals surface area contributed by atoms with Gasteiger partial charge in [-0.05, 0) is 41.8 Å². The summed E-state index contributed by atoms with van der Waals surface area (Å²) >= 11 is 0. The van der Waals surface area contributed by atoms with Gasteiger partial charge < -0.3 is 9.47 Å². The van der Waals surface area contributed by atoms with Crippen molar-refractivity contribution in [3.63, 3.8) is 0 Å². The van der Waals surface area contributed by atoms with Crippen LogP contribution in [0.2, 0.25) is 19.6 Å². The van der Waals surface area contributed by atoms with Gasteiger partial charge in [-0.1, -0.05) is 122 Å². The van der Waals surface area contributed by atoms with Crippen molar-refractivity contribution in [3.05, 3.63) is 125 Å². The Kier molecular flexibility index (Phi) is 9.77. The Morgan fingerprint density at radius 3 is 2.00 bits per heavy atom. The molecule has 2 nitrogen and oxygen atoms in total. The lowest BCUT2D eigenvalue weighted by Gasteiger charge is -2.14. The molecule has 0 aliphatic rings. The van der Waals surface area contributed by atoms with Crippen molar-refractivity contribution < 1.29 is 9.47 Å². The summed E-state index contributed by atoms with van der Waals surface area (Å²) in [5, 5.41) is 0. The third-order valence-corrected chi connectivity index (χ3v) is 5.86. The fraction of sp³-hybridized carbons (Fsp3) is 0.188. The van der Waals surface area contributed by atoms with Crippen LogP contribution in [-0.2, 0) is 13.2 Å². The van der Waals surface area contributed by atoms with Gasteiger partial charge in [0, 0.05) is 0 Å². The maximum absolute atomic E-state index is 6.18. The standard InChI is InChI=1S/C32H34O2Si/c1-27(14-8-7-13-23-35(2,3)4)19-20-28-21-22-31(33-25-29-15-9-5-10-16-29)32(24-28)34-26-30-17-11-6-12-18-30/h5-12,14-22,24H,25-26H2,1-4H3/b8-7+,20-19+,27-14-. The maximum Gasteiger partial charge on any atom is 0.162 e. The average Bonchev–Trinajstić information content (AvgIpc) is 2.86. The molecular formula is C32H34O2Si. The van der Waals surface area contributed by atoms with E-state index in [1.807, 2.05) is 60.7 Å².